The van der Waals surface area contributed by atoms with Gasteiger partial charge in [-0.2, -0.15) is 0 Å². The van der Waals surface area contributed by atoms with E-state index in [1.807, 2.05) is 79.4 Å². The lowest BCUT2D eigenvalue weighted by Gasteiger charge is -2.25. The Labute approximate surface area is 172 Å². The zero-order valence-electron chi connectivity index (χ0n) is 17.1. The number of amides is 2. The van der Waals surface area contributed by atoms with Crippen LogP contribution in [0.15, 0.2) is 66.4 Å². The van der Waals surface area contributed by atoms with E-state index in [0.717, 1.165) is 11.1 Å². The van der Waals surface area contributed by atoms with Gasteiger partial charge in [0.2, 0.25) is 0 Å². The van der Waals surface area contributed by atoms with Gasteiger partial charge in [-0.3, -0.25) is 14.5 Å². The maximum Gasteiger partial charge on any atom is 0.277 e. The van der Waals surface area contributed by atoms with Gasteiger partial charge in [0.1, 0.15) is 5.70 Å². The minimum Gasteiger partial charge on any atom is -0.382 e. The molecule has 2 amide bonds. The molecule has 0 spiro atoms. The van der Waals surface area contributed by atoms with E-state index >= 15 is 0 Å². The predicted molar refractivity (Wildman–Crippen MR) is 114 cm³/mol. The molecule has 5 heteroatoms. The van der Waals surface area contributed by atoms with Gasteiger partial charge < -0.3 is 9.64 Å². The number of nitrogens with zero attached hydrogens (tertiary/aromatic N) is 2. The van der Waals surface area contributed by atoms with E-state index in [9.17, 15) is 9.59 Å². The molecule has 0 aromatic heterocycles. The molecule has 0 atom stereocenters. The van der Waals surface area contributed by atoms with Crippen LogP contribution in [0, 0.1) is 0 Å². The summed E-state index contributed by atoms with van der Waals surface area (Å²) < 4.78 is 5.38. The smallest absolute Gasteiger partial charge is 0.277 e. The monoisotopic (exact) mass is 392 g/mol. The van der Waals surface area contributed by atoms with Crippen molar-refractivity contribution in [2.45, 2.75) is 26.8 Å². The summed E-state index contributed by atoms with van der Waals surface area (Å²) in [6.07, 6.45) is 0.630. The van der Waals surface area contributed by atoms with Crippen LogP contribution in [-0.4, -0.2) is 47.9 Å². The molecule has 0 N–H and O–H groups in total. The Kier molecular flexibility index (Phi) is 7.19. The summed E-state index contributed by atoms with van der Waals surface area (Å²) in [5, 5.41) is 0. The maximum absolute atomic E-state index is 13.3. The summed E-state index contributed by atoms with van der Waals surface area (Å²) in [4.78, 5) is 29.9. The Bertz CT molecular complexity index is 862. The van der Waals surface area contributed by atoms with E-state index in [4.69, 9.17) is 4.74 Å². The normalized spacial score (nSPS) is 14.1. The molecule has 0 bridgehead atoms. The van der Waals surface area contributed by atoms with Crippen LogP contribution in [0.5, 0.6) is 0 Å². The van der Waals surface area contributed by atoms with Crippen LogP contribution in [-0.2, 0) is 20.9 Å². The molecule has 2 aromatic rings. The molecule has 29 heavy (non-hydrogen) atoms. The van der Waals surface area contributed by atoms with Crippen LogP contribution in [0.4, 0.5) is 0 Å². The van der Waals surface area contributed by atoms with Crippen molar-refractivity contribution >= 4 is 17.4 Å². The SMILES string of the molecule is CCOCCCN1C(=O)C(c2ccccc2)=C(N(CC)Cc2ccccc2)C1=O. The van der Waals surface area contributed by atoms with Gasteiger partial charge >= 0.3 is 0 Å². The third kappa shape index (κ3) is 4.74. The standard InChI is InChI=1S/C24H28N2O3/c1-3-25(18-19-12-7-5-8-13-19)22-21(20-14-9-6-10-15-20)23(27)26(24(22)28)16-11-17-29-4-2/h5-10,12-15H,3-4,11,16-18H2,1-2H3. The number of hydrogen-bond acceptors (Lipinski definition) is 4. The average Bonchev–Trinajstić information content (AvgIpc) is 3.01. The molecule has 0 unspecified atom stereocenters. The summed E-state index contributed by atoms with van der Waals surface area (Å²) in [5.41, 5.74) is 2.86. The molecule has 152 valence electrons. The van der Waals surface area contributed by atoms with Crippen molar-refractivity contribution in [3.8, 4) is 0 Å². The number of likely N-dealkylation sites (N-methyl/N-ethyl adjacent to an activating group) is 1. The molecule has 1 heterocycles. The van der Waals surface area contributed by atoms with Crippen molar-refractivity contribution in [3.63, 3.8) is 0 Å². The second-order valence-electron chi connectivity index (χ2n) is 6.90. The molecular formula is C24H28N2O3. The zero-order chi connectivity index (χ0) is 20.6. The number of carbonyl (C=O) groups is 2. The highest BCUT2D eigenvalue weighted by molar-refractivity contribution is 6.35. The van der Waals surface area contributed by atoms with Crippen LogP contribution in [0.2, 0.25) is 0 Å². The lowest BCUT2D eigenvalue weighted by Crippen LogP contribution is -2.36. The van der Waals surface area contributed by atoms with Crippen molar-refractivity contribution in [3.05, 3.63) is 77.5 Å². The highest BCUT2D eigenvalue weighted by Gasteiger charge is 2.40. The predicted octanol–water partition coefficient (Wildman–Crippen LogP) is 3.72. The molecule has 0 saturated carbocycles. The molecule has 0 saturated heterocycles. The summed E-state index contributed by atoms with van der Waals surface area (Å²) >= 11 is 0. The number of imide groups is 1. The van der Waals surface area contributed by atoms with E-state index in [2.05, 4.69) is 0 Å². The second kappa shape index (κ2) is 10.0. The van der Waals surface area contributed by atoms with Gasteiger partial charge in [0.05, 0.1) is 5.57 Å². The first-order valence-electron chi connectivity index (χ1n) is 10.2. The number of benzene rings is 2. The van der Waals surface area contributed by atoms with Crippen molar-refractivity contribution in [1.29, 1.82) is 0 Å². The van der Waals surface area contributed by atoms with Gasteiger partial charge in [-0.1, -0.05) is 60.7 Å². The number of carbonyl (C=O) groups excluding carboxylic acids is 2. The number of hydrogen-bond donors (Lipinski definition) is 0. The van der Waals surface area contributed by atoms with Crippen LogP contribution >= 0.6 is 0 Å². The summed E-state index contributed by atoms with van der Waals surface area (Å²) in [5.74, 6) is -0.442. The fourth-order valence-corrected chi connectivity index (χ4v) is 3.55. The topological polar surface area (TPSA) is 49.9 Å². The van der Waals surface area contributed by atoms with Crippen LogP contribution in [0.3, 0.4) is 0 Å². The molecular weight excluding hydrogens is 364 g/mol. The molecule has 1 aliphatic rings. The quantitative estimate of drug-likeness (QED) is 0.457. The van der Waals surface area contributed by atoms with Crippen molar-refractivity contribution in [2.24, 2.45) is 0 Å². The zero-order valence-corrected chi connectivity index (χ0v) is 17.1. The second-order valence-corrected chi connectivity index (χ2v) is 6.90. The highest BCUT2D eigenvalue weighted by atomic mass is 16.5. The fraction of sp³-hybridized carbons (Fsp3) is 0.333. The lowest BCUT2D eigenvalue weighted by atomic mass is 10.0. The van der Waals surface area contributed by atoms with Gasteiger partial charge in [-0.05, 0) is 31.4 Å². The largest absolute Gasteiger partial charge is 0.382 e. The van der Waals surface area contributed by atoms with Gasteiger partial charge in [0.15, 0.2) is 0 Å². The third-order valence-electron chi connectivity index (χ3n) is 4.99. The van der Waals surface area contributed by atoms with E-state index in [-0.39, 0.29) is 11.8 Å². The summed E-state index contributed by atoms with van der Waals surface area (Å²) in [6, 6.07) is 19.5. The summed E-state index contributed by atoms with van der Waals surface area (Å²) in [7, 11) is 0. The molecule has 0 radical (unpaired) electrons. The minimum absolute atomic E-state index is 0.219. The van der Waals surface area contributed by atoms with Crippen molar-refractivity contribution in [2.75, 3.05) is 26.3 Å². The Hall–Kier alpha value is -2.92. The first-order valence-corrected chi connectivity index (χ1v) is 10.2. The minimum atomic E-state index is -0.223. The van der Waals surface area contributed by atoms with Gasteiger partial charge in [0, 0.05) is 32.8 Å². The number of rotatable bonds is 10. The van der Waals surface area contributed by atoms with Crippen molar-refractivity contribution < 1.29 is 14.3 Å². The van der Waals surface area contributed by atoms with Gasteiger partial charge in [-0.15, -0.1) is 0 Å². The maximum atomic E-state index is 13.3. The van der Waals surface area contributed by atoms with Crippen LogP contribution < -0.4 is 0 Å². The van der Waals surface area contributed by atoms with E-state index in [1.54, 1.807) is 0 Å². The van der Waals surface area contributed by atoms with Gasteiger partial charge in [-0.25, -0.2) is 0 Å². The Morgan fingerprint density at radius 2 is 1.55 bits per heavy atom. The molecule has 5 nitrogen and oxygen atoms in total. The third-order valence-corrected chi connectivity index (χ3v) is 4.99. The van der Waals surface area contributed by atoms with Crippen LogP contribution in [0.1, 0.15) is 31.4 Å². The fourth-order valence-electron chi connectivity index (χ4n) is 3.55. The Balaban J connectivity index is 1.94. The van der Waals surface area contributed by atoms with E-state index < -0.39 is 0 Å². The van der Waals surface area contributed by atoms with Crippen LogP contribution in [0.25, 0.3) is 5.57 Å². The average molecular weight is 392 g/mol. The lowest BCUT2D eigenvalue weighted by molar-refractivity contribution is -0.137. The first-order chi connectivity index (χ1) is 14.2. The van der Waals surface area contributed by atoms with Crippen molar-refractivity contribution in [1.82, 2.24) is 9.80 Å². The Morgan fingerprint density at radius 1 is 0.897 bits per heavy atom. The molecule has 2 aromatic carbocycles. The van der Waals surface area contributed by atoms with E-state index in [0.29, 0.717) is 50.5 Å². The summed E-state index contributed by atoms with van der Waals surface area (Å²) in [6.45, 7) is 6.67. The Morgan fingerprint density at radius 3 is 2.17 bits per heavy atom. The molecule has 0 fully saturated rings. The number of ether oxygens (including phenoxy) is 1. The van der Waals surface area contributed by atoms with E-state index in [1.165, 1.54) is 4.90 Å². The highest BCUT2D eigenvalue weighted by Crippen LogP contribution is 2.32. The molecule has 0 aliphatic carbocycles. The molecule has 1 aliphatic heterocycles. The molecule has 3 rings (SSSR count). The van der Waals surface area contributed by atoms with Gasteiger partial charge in [0.25, 0.3) is 11.8 Å². The first kappa shape index (κ1) is 20.8.